The maximum absolute atomic E-state index is 11.9. The maximum atomic E-state index is 11.9. The predicted octanol–water partition coefficient (Wildman–Crippen LogP) is 1.69. The normalized spacial score (nSPS) is 18.5. The van der Waals surface area contributed by atoms with Gasteiger partial charge >= 0.3 is 6.03 Å². The van der Waals surface area contributed by atoms with Gasteiger partial charge in [0.05, 0.1) is 11.2 Å². The Kier molecular flexibility index (Phi) is 3.82. The lowest BCUT2D eigenvalue weighted by molar-refractivity contribution is 0.138. The van der Waals surface area contributed by atoms with E-state index >= 15 is 0 Å². The molecule has 0 bridgehead atoms. The molecule has 2 amide bonds. The Morgan fingerprint density at radius 1 is 1.37 bits per heavy atom. The molecule has 19 heavy (non-hydrogen) atoms. The summed E-state index contributed by atoms with van der Waals surface area (Å²) in [4.78, 5) is 21.2. The van der Waals surface area contributed by atoms with Gasteiger partial charge in [-0.15, -0.1) is 11.3 Å². The van der Waals surface area contributed by atoms with Crippen LogP contribution in [0.25, 0.3) is 0 Å². The van der Waals surface area contributed by atoms with Gasteiger partial charge < -0.3 is 15.5 Å². The van der Waals surface area contributed by atoms with Crippen LogP contribution in [-0.4, -0.2) is 48.0 Å². The van der Waals surface area contributed by atoms with Gasteiger partial charge in [0.1, 0.15) is 5.01 Å². The number of hydrogen-bond acceptors (Lipinski definition) is 4. The van der Waals surface area contributed by atoms with Gasteiger partial charge in [-0.25, -0.2) is 9.78 Å². The largest absolute Gasteiger partial charge is 0.331 e. The molecule has 106 valence electrons. The van der Waals surface area contributed by atoms with E-state index in [0.29, 0.717) is 13.1 Å². The molecule has 2 N–H and O–H groups in total. The number of nitrogens with zero attached hydrogens (tertiary/aromatic N) is 3. The number of likely N-dealkylation sites (tertiary alicyclic amines) is 1. The van der Waals surface area contributed by atoms with Crippen LogP contribution in [0.4, 0.5) is 4.79 Å². The van der Waals surface area contributed by atoms with Crippen LogP contribution < -0.4 is 5.73 Å². The highest BCUT2D eigenvalue weighted by Crippen LogP contribution is 2.34. The second kappa shape index (κ2) is 5.09. The van der Waals surface area contributed by atoms with E-state index in [0.717, 1.165) is 23.5 Å². The first-order chi connectivity index (χ1) is 8.83. The summed E-state index contributed by atoms with van der Waals surface area (Å²) in [6.45, 7) is 5.49. The number of aromatic nitrogens is 1. The van der Waals surface area contributed by atoms with E-state index in [1.807, 2.05) is 11.8 Å². The number of carbonyl (C=O) groups excluding carboxylic acids is 1. The molecule has 1 saturated heterocycles. The first-order valence-electron chi connectivity index (χ1n) is 6.53. The molecule has 1 aromatic rings. The Bertz CT molecular complexity index is 455. The first-order valence-corrected chi connectivity index (χ1v) is 7.35. The molecule has 6 heteroatoms. The van der Waals surface area contributed by atoms with Gasteiger partial charge in [-0.2, -0.15) is 0 Å². The molecule has 0 aromatic carbocycles. The molecule has 0 unspecified atom stereocenters. The summed E-state index contributed by atoms with van der Waals surface area (Å²) >= 11 is 1.69. The summed E-state index contributed by atoms with van der Waals surface area (Å²) in [6, 6.07) is 0.0635. The number of hydrogen-bond donors (Lipinski definition) is 1. The number of aryl methyl sites for hydroxylation is 2. The minimum atomic E-state index is -0.368. The zero-order chi connectivity index (χ0) is 14.2. The second-order valence-corrected chi connectivity index (χ2v) is 6.68. The number of urea groups is 1. The summed E-state index contributed by atoms with van der Waals surface area (Å²) in [5.74, 6) is 0. The Hall–Kier alpha value is -1.14. The molecule has 1 aliphatic heterocycles. The van der Waals surface area contributed by atoms with E-state index in [9.17, 15) is 4.79 Å². The highest BCUT2D eigenvalue weighted by Gasteiger charge is 2.36. The fourth-order valence-corrected chi connectivity index (χ4v) is 3.35. The molecule has 1 fully saturated rings. The third-order valence-electron chi connectivity index (χ3n) is 3.76. The Morgan fingerprint density at radius 2 is 1.95 bits per heavy atom. The summed E-state index contributed by atoms with van der Waals surface area (Å²) in [5, 5.41) is 1.01. The van der Waals surface area contributed by atoms with Gasteiger partial charge in [-0.05, 0) is 26.7 Å². The molecule has 0 spiro atoms. The van der Waals surface area contributed by atoms with Crippen molar-refractivity contribution in [1.29, 1.82) is 0 Å². The molecule has 1 aromatic heterocycles. The lowest BCUT2D eigenvalue weighted by Crippen LogP contribution is -2.51. The van der Waals surface area contributed by atoms with Gasteiger partial charge in [0.2, 0.25) is 0 Å². The fraction of sp³-hybridized carbons (Fsp3) is 0.692. The van der Waals surface area contributed by atoms with Crippen LogP contribution in [0.3, 0.4) is 0 Å². The molecule has 1 aliphatic rings. The summed E-state index contributed by atoms with van der Waals surface area (Å²) < 4.78 is 0. The lowest BCUT2D eigenvalue weighted by atomic mass is 9.89. The van der Waals surface area contributed by atoms with Gasteiger partial charge in [0.15, 0.2) is 0 Å². The Morgan fingerprint density at radius 3 is 2.37 bits per heavy atom. The molecule has 0 radical (unpaired) electrons. The monoisotopic (exact) mass is 282 g/mol. The molecule has 0 saturated carbocycles. The third-order valence-corrected chi connectivity index (χ3v) is 5.06. The van der Waals surface area contributed by atoms with Crippen molar-refractivity contribution in [3.8, 4) is 0 Å². The van der Waals surface area contributed by atoms with Crippen molar-refractivity contribution in [2.45, 2.75) is 32.2 Å². The van der Waals surface area contributed by atoms with Crippen molar-refractivity contribution in [3.63, 3.8) is 0 Å². The lowest BCUT2D eigenvalue weighted by Gasteiger charge is -2.38. The van der Waals surface area contributed by atoms with Crippen LogP contribution in [0, 0.1) is 13.8 Å². The number of piperidine rings is 1. The molecular weight excluding hydrogens is 260 g/mol. The minimum Gasteiger partial charge on any atom is -0.331 e. The molecule has 5 nitrogen and oxygen atoms in total. The van der Waals surface area contributed by atoms with E-state index in [-0.39, 0.29) is 11.6 Å². The maximum Gasteiger partial charge on any atom is 0.319 e. The number of carbonyl (C=O) groups is 1. The van der Waals surface area contributed by atoms with E-state index < -0.39 is 0 Å². The van der Waals surface area contributed by atoms with Crippen molar-refractivity contribution in [3.05, 3.63) is 15.6 Å². The molecule has 0 atom stereocenters. The SMILES string of the molecule is Cc1nc(C2(N)CCN(C(=O)N(C)C)CC2)sc1C. The first kappa shape index (κ1) is 14.3. The van der Waals surface area contributed by atoms with E-state index in [1.54, 1.807) is 30.3 Å². The number of thiazole rings is 1. The van der Waals surface area contributed by atoms with Crippen LogP contribution in [0.5, 0.6) is 0 Å². The topological polar surface area (TPSA) is 62.5 Å². The number of amides is 2. The van der Waals surface area contributed by atoms with Gasteiger partial charge in [-0.3, -0.25) is 0 Å². The number of nitrogens with two attached hydrogens (primary N) is 1. The smallest absolute Gasteiger partial charge is 0.319 e. The molecule has 2 heterocycles. The van der Waals surface area contributed by atoms with Crippen molar-refractivity contribution in [2.24, 2.45) is 5.73 Å². The highest BCUT2D eigenvalue weighted by molar-refractivity contribution is 7.11. The molecule has 2 rings (SSSR count). The Labute approximate surface area is 118 Å². The van der Waals surface area contributed by atoms with Gasteiger partial charge in [0, 0.05) is 32.1 Å². The molecule has 0 aliphatic carbocycles. The second-order valence-electron chi connectivity index (χ2n) is 5.48. The molecular formula is C13H22N4OS. The number of rotatable bonds is 1. The Balaban J connectivity index is 2.08. The third kappa shape index (κ3) is 2.74. The highest BCUT2D eigenvalue weighted by atomic mass is 32.1. The fourth-order valence-electron chi connectivity index (χ4n) is 2.28. The summed E-state index contributed by atoms with van der Waals surface area (Å²) in [7, 11) is 3.56. The van der Waals surface area contributed by atoms with Crippen LogP contribution in [-0.2, 0) is 5.54 Å². The van der Waals surface area contributed by atoms with Crippen LogP contribution in [0.1, 0.15) is 28.4 Å². The summed E-state index contributed by atoms with van der Waals surface area (Å²) in [5.41, 5.74) is 7.20. The van der Waals surface area contributed by atoms with E-state index in [1.165, 1.54) is 4.88 Å². The average molecular weight is 282 g/mol. The van der Waals surface area contributed by atoms with Crippen LogP contribution in [0.2, 0.25) is 0 Å². The zero-order valence-corrected chi connectivity index (χ0v) is 12.9. The van der Waals surface area contributed by atoms with Gasteiger partial charge in [-0.1, -0.05) is 0 Å². The quantitative estimate of drug-likeness (QED) is 0.852. The standard InChI is InChI=1S/C13H22N4OS/c1-9-10(2)19-11(15-9)13(14)5-7-17(8-6-13)12(18)16(3)4/h5-8,14H2,1-4H3. The summed E-state index contributed by atoms with van der Waals surface area (Å²) in [6.07, 6.45) is 1.55. The van der Waals surface area contributed by atoms with Crippen LogP contribution >= 0.6 is 11.3 Å². The van der Waals surface area contributed by atoms with Gasteiger partial charge in [0.25, 0.3) is 0 Å². The predicted molar refractivity (Wildman–Crippen MR) is 77.3 cm³/mol. The van der Waals surface area contributed by atoms with Crippen LogP contribution in [0.15, 0.2) is 0 Å². The van der Waals surface area contributed by atoms with Crippen molar-refractivity contribution >= 4 is 17.4 Å². The zero-order valence-electron chi connectivity index (χ0n) is 12.1. The minimum absolute atomic E-state index is 0.0635. The van der Waals surface area contributed by atoms with Crippen molar-refractivity contribution in [2.75, 3.05) is 27.2 Å². The van der Waals surface area contributed by atoms with E-state index in [2.05, 4.69) is 11.9 Å². The van der Waals surface area contributed by atoms with E-state index in [4.69, 9.17) is 5.73 Å². The van der Waals surface area contributed by atoms with Crippen molar-refractivity contribution in [1.82, 2.24) is 14.8 Å². The average Bonchev–Trinajstić information content (AvgIpc) is 2.70. The van der Waals surface area contributed by atoms with Crippen molar-refractivity contribution < 1.29 is 4.79 Å².